The topological polar surface area (TPSA) is 68.0 Å². The molecule has 3 rings (SSSR count). The molecule has 1 saturated heterocycles. The van der Waals surface area contributed by atoms with Gasteiger partial charge < -0.3 is 10.2 Å². The Kier molecular flexibility index (Phi) is 3.64. The van der Waals surface area contributed by atoms with Crippen LogP contribution in [0, 0.1) is 0 Å². The Labute approximate surface area is 123 Å². The van der Waals surface area contributed by atoms with Crippen molar-refractivity contribution >= 4 is 17.3 Å². The summed E-state index contributed by atoms with van der Waals surface area (Å²) in [5.41, 5.74) is 1.75. The van der Waals surface area contributed by atoms with E-state index in [1.165, 1.54) is 0 Å². The molecule has 0 saturated carbocycles. The lowest BCUT2D eigenvalue weighted by atomic mass is 10.2. The maximum atomic E-state index is 12.5. The van der Waals surface area contributed by atoms with E-state index in [9.17, 15) is 4.79 Å². The van der Waals surface area contributed by atoms with Crippen LogP contribution in [0.25, 0.3) is 0 Å². The molecule has 7 nitrogen and oxygen atoms in total. The number of anilines is 2. The number of aryl methyl sites for hydroxylation is 2. The number of aromatic nitrogens is 4. The first-order valence-corrected chi connectivity index (χ1v) is 7.26. The van der Waals surface area contributed by atoms with Crippen LogP contribution in [0.5, 0.6) is 0 Å². The summed E-state index contributed by atoms with van der Waals surface area (Å²) >= 11 is 0. The van der Waals surface area contributed by atoms with Gasteiger partial charge in [-0.2, -0.15) is 10.2 Å². The lowest BCUT2D eigenvalue weighted by molar-refractivity contribution is -0.117. The summed E-state index contributed by atoms with van der Waals surface area (Å²) in [5.74, 6) is 0.0891. The quantitative estimate of drug-likeness (QED) is 0.899. The number of hydrogen-bond acceptors (Lipinski definition) is 4. The summed E-state index contributed by atoms with van der Waals surface area (Å²) in [6, 6.07) is -0.190. The zero-order valence-corrected chi connectivity index (χ0v) is 12.4. The van der Waals surface area contributed by atoms with E-state index in [1.54, 1.807) is 22.0 Å². The van der Waals surface area contributed by atoms with E-state index in [4.69, 9.17) is 0 Å². The summed E-state index contributed by atoms with van der Waals surface area (Å²) in [6.45, 7) is 3.72. The van der Waals surface area contributed by atoms with Gasteiger partial charge >= 0.3 is 0 Å². The van der Waals surface area contributed by atoms with E-state index in [-0.39, 0.29) is 11.9 Å². The molecular weight excluding hydrogens is 268 g/mol. The number of hydrogen-bond donors (Lipinski definition) is 1. The number of nitrogens with zero attached hydrogens (tertiary/aromatic N) is 5. The standard InChI is InChI=1S/C14H20N6O/c1-3-5-19-9-11(7-16-19)17-13-4-6-20(14(13)21)12-8-15-18(2)10-12/h7-10,13,17H,3-6H2,1-2H3. The average molecular weight is 288 g/mol. The maximum Gasteiger partial charge on any atom is 0.249 e. The summed E-state index contributed by atoms with van der Waals surface area (Å²) in [7, 11) is 1.85. The van der Waals surface area contributed by atoms with E-state index < -0.39 is 0 Å². The highest BCUT2D eigenvalue weighted by Crippen LogP contribution is 2.23. The summed E-state index contributed by atoms with van der Waals surface area (Å²) < 4.78 is 3.60. The summed E-state index contributed by atoms with van der Waals surface area (Å²) in [4.78, 5) is 14.2. The van der Waals surface area contributed by atoms with Crippen molar-refractivity contribution in [2.45, 2.75) is 32.4 Å². The van der Waals surface area contributed by atoms with Crippen LogP contribution in [0.2, 0.25) is 0 Å². The summed E-state index contributed by atoms with van der Waals surface area (Å²) in [6.07, 6.45) is 9.13. The van der Waals surface area contributed by atoms with E-state index >= 15 is 0 Å². The lowest BCUT2D eigenvalue weighted by Crippen LogP contribution is -2.33. The van der Waals surface area contributed by atoms with Crippen LogP contribution < -0.4 is 10.2 Å². The molecule has 3 heterocycles. The molecule has 0 spiro atoms. The molecule has 1 aliphatic heterocycles. The Balaban J connectivity index is 1.66. The van der Waals surface area contributed by atoms with Gasteiger partial charge in [0.2, 0.25) is 5.91 Å². The minimum atomic E-state index is -0.190. The molecule has 1 unspecified atom stereocenters. The molecule has 0 aliphatic carbocycles. The van der Waals surface area contributed by atoms with Crippen molar-refractivity contribution in [2.24, 2.45) is 7.05 Å². The number of carbonyl (C=O) groups is 1. The van der Waals surface area contributed by atoms with E-state index in [1.807, 2.05) is 24.1 Å². The van der Waals surface area contributed by atoms with Crippen LogP contribution in [-0.2, 0) is 18.4 Å². The van der Waals surface area contributed by atoms with Gasteiger partial charge in [0.15, 0.2) is 0 Å². The fourth-order valence-electron chi connectivity index (χ4n) is 2.61. The van der Waals surface area contributed by atoms with Crippen molar-refractivity contribution in [1.29, 1.82) is 0 Å². The van der Waals surface area contributed by atoms with Crippen molar-refractivity contribution in [1.82, 2.24) is 19.6 Å². The fourth-order valence-corrected chi connectivity index (χ4v) is 2.61. The third-order valence-electron chi connectivity index (χ3n) is 3.64. The van der Waals surface area contributed by atoms with Crippen LogP contribution in [0.15, 0.2) is 24.8 Å². The Morgan fingerprint density at radius 1 is 1.33 bits per heavy atom. The number of rotatable bonds is 5. The first-order valence-electron chi connectivity index (χ1n) is 7.26. The molecule has 1 N–H and O–H groups in total. The first-order chi connectivity index (χ1) is 10.2. The molecule has 1 amide bonds. The molecule has 1 atom stereocenters. The molecule has 1 fully saturated rings. The molecule has 7 heteroatoms. The van der Waals surface area contributed by atoms with Crippen molar-refractivity contribution in [2.75, 3.05) is 16.8 Å². The third-order valence-corrected chi connectivity index (χ3v) is 3.64. The normalized spacial score (nSPS) is 18.5. The van der Waals surface area contributed by atoms with Crippen LogP contribution in [0.1, 0.15) is 19.8 Å². The molecule has 2 aromatic heterocycles. The van der Waals surface area contributed by atoms with Gasteiger partial charge in [-0.1, -0.05) is 6.92 Å². The van der Waals surface area contributed by atoms with Crippen LogP contribution >= 0.6 is 0 Å². The van der Waals surface area contributed by atoms with E-state index in [2.05, 4.69) is 22.4 Å². The Morgan fingerprint density at radius 2 is 2.19 bits per heavy atom. The Hall–Kier alpha value is -2.31. The van der Waals surface area contributed by atoms with Crippen molar-refractivity contribution in [3.63, 3.8) is 0 Å². The predicted molar refractivity (Wildman–Crippen MR) is 80.1 cm³/mol. The largest absolute Gasteiger partial charge is 0.371 e. The second-order valence-corrected chi connectivity index (χ2v) is 5.34. The molecule has 0 aromatic carbocycles. The molecule has 0 radical (unpaired) electrons. The fraction of sp³-hybridized carbons (Fsp3) is 0.500. The van der Waals surface area contributed by atoms with Crippen molar-refractivity contribution in [3.8, 4) is 0 Å². The SMILES string of the molecule is CCCn1cc(NC2CCN(c3cnn(C)c3)C2=O)cn1. The van der Waals surface area contributed by atoms with Gasteiger partial charge in [0.1, 0.15) is 6.04 Å². The van der Waals surface area contributed by atoms with E-state index in [0.717, 1.165) is 30.8 Å². The third kappa shape index (κ3) is 2.76. The zero-order chi connectivity index (χ0) is 14.8. The Bertz CT molecular complexity index is 631. The Morgan fingerprint density at radius 3 is 2.90 bits per heavy atom. The number of amides is 1. The highest BCUT2D eigenvalue weighted by molar-refractivity contribution is 6.00. The summed E-state index contributed by atoms with van der Waals surface area (Å²) in [5, 5.41) is 11.7. The van der Waals surface area contributed by atoms with Crippen LogP contribution in [0.3, 0.4) is 0 Å². The van der Waals surface area contributed by atoms with Crippen LogP contribution in [0.4, 0.5) is 11.4 Å². The lowest BCUT2D eigenvalue weighted by Gasteiger charge is -2.14. The maximum absolute atomic E-state index is 12.5. The highest BCUT2D eigenvalue weighted by atomic mass is 16.2. The molecular formula is C14H20N6O. The van der Waals surface area contributed by atoms with Gasteiger partial charge in [0, 0.05) is 32.5 Å². The number of nitrogens with one attached hydrogen (secondary N) is 1. The zero-order valence-electron chi connectivity index (χ0n) is 12.4. The molecule has 2 aromatic rings. The monoisotopic (exact) mass is 288 g/mol. The molecule has 112 valence electrons. The smallest absolute Gasteiger partial charge is 0.249 e. The second-order valence-electron chi connectivity index (χ2n) is 5.34. The van der Waals surface area contributed by atoms with Crippen LogP contribution in [-0.4, -0.2) is 38.1 Å². The molecule has 1 aliphatic rings. The van der Waals surface area contributed by atoms with Crippen molar-refractivity contribution < 1.29 is 4.79 Å². The minimum Gasteiger partial charge on any atom is -0.371 e. The molecule has 21 heavy (non-hydrogen) atoms. The molecule has 0 bridgehead atoms. The van der Waals surface area contributed by atoms with Gasteiger partial charge in [-0.15, -0.1) is 0 Å². The van der Waals surface area contributed by atoms with E-state index in [0.29, 0.717) is 6.54 Å². The van der Waals surface area contributed by atoms with Gasteiger partial charge in [-0.3, -0.25) is 14.2 Å². The minimum absolute atomic E-state index is 0.0891. The highest BCUT2D eigenvalue weighted by Gasteiger charge is 2.33. The van der Waals surface area contributed by atoms with Gasteiger partial charge in [-0.05, 0) is 12.8 Å². The number of carbonyl (C=O) groups excluding carboxylic acids is 1. The van der Waals surface area contributed by atoms with Gasteiger partial charge in [0.25, 0.3) is 0 Å². The second kappa shape index (κ2) is 5.59. The first kappa shape index (κ1) is 13.7. The predicted octanol–water partition coefficient (Wildman–Crippen LogP) is 1.24. The van der Waals surface area contributed by atoms with Gasteiger partial charge in [0.05, 0.1) is 23.8 Å². The van der Waals surface area contributed by atoms with Gasteiger partial charge in [-0.25, -0.2) is 0 Å². The van der Waals surface area contributed by atoms with Crippen molar-refractivity contribution in [3.05, 3.63) is 24.8 Å². The average Bonchev–Trinajstić information content (AvgIpc) is 3.14.